The summed E-state index contributed by atoms with van der Waals surface area (Å²) in [5, 5.41) is 0.428. The standard InChI is InChI=1S/C21H42OS/c1-4-6-8-10-11-12-13-14-15-17-19-23-21(22)20(3)18-16-9-7-5-2/h20H,4-19H2,1-3H3. The van der Waals surface area contributed by atoms with Crippen LogP contribution in [0.1, 0.15) is 117 Å². The fourth-order valence-corrected chi connectivity index (χ4v) is 3.85. The van der Waals surface area contributed by atoms with Gasteiger partial charge in [0.15, 0.2) is 5.12 Å². The van der Waals surface area contributed by atoms with Crippen molar-refractivity contribution in [3.05, 3.63) is 0 Å². The highest BCUT2D eigenvalue weighted by molar-refractivity contribution is 8.13. The lowest BCUT2D eigenvalue weighted by molar-refractivity contribution is -0.114. The number of rotatable bonds is 17. The topological polar surface area (TPSA) is 17.1 Å². The summed E-state index contributed by atoms with van der Waals surface area (Å²) >= 11 is 1.59. The number of carbonyl (C=O) groups excluding carboxylic acids is 1. The molecule has 0 N–H and O–H groups in total. The molecule has 2 heteroatoms. The van der Waals surface area contributed by atoms with E-state index in [0.29, 0.717) is 5.12 Å². The summed E-state index contributed by atoms with van der Waals surface area (Å²) in [5.74, 6) is 1.30. The highest BCUT2D eigenvalue weighted by Crippen LogP contribution is 2.19. The van der Waals surface area contributed by atoms with E-state index in [2.05, 4.69) is 20.8 Å². The Morgan fingerprint density at radius 2 is 1.13 bits per heavy atom. The maximum atomic E-state index is 12.0. The zero-order valence-corrected chi connectivity index (χ0v) is 17.0. The molecule has 0 spiro atoms. The lowest BCUT2D eigenvalue weighted by Gasteiger charge is -2.09. The van der Waals surface area contributed by atoms with Crippen LogP contribution in [-0.4, -0.2) is 10.9 Å². The van der Waals surface area contributed by atoms with Gasteiger partial charge in [-0.05, 0) is 12.8 Å². The third-order valence-electron chi connectivity index (χ3n) is 4.64. The van der Waals surface area contributed by atoms with Gasteiger partial charge in [-0.2, -0.15) is 0 Å². The molecule has 23 heavy (non-hydrogen) atoms. The van der Waals surface area contributed by atoms with Gasteiger partial charge in [0.1, 0.15) is 0 Å². The van der Waals surface area contributed by atoms with Crippen LogP contribution in [0.15, 0.2) is 0 Å². The van der Waals surface area contributed by atoms with Gasteiger partial charge in [-0.1, -0.05) is 116 Å². The Kier molecular flexibility index (Phi) is 18.4. The van der Waals surface area contributed by atoms with E-state index < -0.39 is 0 Å². The van der Waals surface area contributed by atoms with Crippen molar-refractivity contribution in [1.82, 2.24) is 0 Å². The van der Waals surface area contributed by atoms with Crippen molar-refractivity contribution in [3.8, 4) is 0 Å². The molecular formula is C21H42OS. The van der Waals surface area contributed by atoms with Crippen LogP contribution in [0, 0.1) is 5.92 Å². The third kappa shape index (κ3) is 16.7. The lowest BCUT2D eigenvalue weighted by atomic mass is 10.0. The molecule has 0 aromatic carbocycles. The van der Waals surface area contributed by atoms with Crippen LogP contribution in [0.3, 0.4) is 0 Å². The van der Waals surface area contributed by atoms with Crippen molar-refractivity contribution in [3.63, 3.8) is 0 Å². The van der Waals surface area contributed by atoms with E-state index in [9.17, 15) is 4.79 Å². The van der Waals surface area contributed by atoms with Crippen LogP contribution in [-0.2, 0) is 4.79 Å². The molecule has 1 unspecified atom stereocenters. The Labute approximate surface area is 150 Å². The predicted octanol–water partition coefficient (Wildman–Crippen LogP) is 7.77. The van der Waals surface area contributed by atoms with Gasteiger partial charge in [-0.3, -0.25) is 4.79 Å². The lowest BCUT2D eigenvalue weighted by Crippen LogP contribution is -2.07. The summed E-state index contributed by atoms with van der Waals surface area (Å²) in [5.41, 5.74) is 0. The molecule has 0 heterocycles. The van der Waals surface area contributed by atoms with Crippen LogP contribution in [0.5, 0.6) is 0 Å². The fourth-order valence-electron chi connectivity index (χ4n) is 2.90. The first-order chi connectivity index (χ1) is 11.2. The Bertz CT molecular complexity index is 252. The van der Waals surface area contributed by atoms with Gasteiger partial charge >= 0.3 is 0 Å². The molecule has 0 fully saturated rings. The minimum absolute atomic E-state index is 0.264. The van der Waals surface area contributed by atoms with Crippen LogP contribution >= 0.6 is 11.8 Å². The highest BCUT2D eigenvalue weighted by atomic mass is 32.2. The van der Waals surface area contributed by atoms with E-state index in [1.165, 1.54) is 89.9 Å². The van der Waals surface area contributed by atoms with Gasteiger partial charge in [0.05, 0.1) is 0 Å². The van der Waals surface area contributed by atoms with Crippen molar-refractivity contribution >= 4 is 16.9 Å². The largest absolute Gasteiger partial charge is 0.287 e. The summed E-state index contributed by atoms with van der Waals surface area (Å²) in [6.45, 7) is 6.62. The second-order valence-corrected chi connectivity index (χ2v) is 8.20. The van der Waals surface area contributed by atoms with Crippen molar-refractivity contribution in [2.24, 2.45) is 5.92 Å². The smallest absolute Gasteiger partial charge is 0.191 e. The molecule has 0 rings (SSSR count). The number of hydrogen-bond acceptors (Lipinski definition) is 2. The summed E-state index contributed by atoms with van der Waals surface area (Å²) in [6.07, 6.45) is 19.9. The van der Waals surface area contributed by atoms with Crippen molar-refractivity contribution in [1.29, 1.82) is 0 Å². The van der Waals surface area contributed by atoms with Gasteiger partial charge in [0, 0.05) is 11.7 Å². The second kappa shape index (κ2) is 18.4. The number of unbranched alkanes of at least 4 members (excludes halogenated alkanes) is 12. The molecule has 0 saturated carbocycles. The van der Waals surface area contributed by atoms with E-state index >= 15 is 0 Å². The SMILES string of the molecule is CCCCCCCCCCCCSC(=O)C(C)CCCCCC. The first kappa shape index (κ1) is 23.0. The van der Waals surface area contributed by atoms with Crippen molar-refractivity contribution in [2.45, 2.75) is 117 Å². The summed E-state index contributed by atoms with van der Waals surface area (Å²) in [7, 11) is 0. The van der Waals surface area contributed by atoms with E-state index in [1.807, 2.05) is 0 Å². The van der Waals surface area contributed by atoms with E-state index in [1.54, 1.807) is 11.8 Å². The van der Waals surface area contributed by atoms with Crippen LogP contribution in [0.2, 0.25) is 0 Å². The zero-order valence-electron chi connectivity index (χ0n) is 16.2. The van der Waals surface area contributed by atoms with Crippen LogP contribution in [0.25, 0.3) is 0 Å². The fraction of sp³-hybridized carbons (Fsp3) is 0.952. The first-order valence-electron chi connectivity index (χ1n) is 10.4. The molecule has 138 valence electrons. The molecule has 0 radical (unpaired) electrons. The van der Waals surface area contributed by atoms with Gasteiger partial charge in [0.2, 0.25) is 0 Å². The Balaban J connectivity index is 3.28. The third-order valence-corrected chi connectivity index (χ3v) is 5.81. The number of hydrogen-bond donors (Lipinski definition) is 0. The maximum absolute atomic E-state index is 12.0. The average molecular weight is 343 g/mol. The van der Waals surface area contributed by atoms with Crippen molar-refractivity contribution in [2.75, 3.05) is 5.75 Å². The van der Waals surface area contributed by atoms with Gasteiger partial charge in [0.25, 0.3) is 0 Å². The molecule has 0 amide bonds. The first-order valence-corrected chi connectivity index (χ1v) is 11.4. The Morgan fingerprint density at radius 3 is 1.65 bits per heavy atom. The van der Waals surface area contributed by atoms with Crippen molar-refractivity contribution < 1.29 is 4.79 Å². The summed E-state index contributed by atoms with van der Waals surface area (Å²) in [6, 6.07) is 0. The van der Waals surface area contributed by atoms with E-state index in [4.69, 9.17) is 0 Å². The molecule has 0 aliphatic rings. The molecule has 0 aliphatic heterocycles. The predicted molar refractivity (Wildman–Crippen MR) is 107 cm³/mol. The Hall–Kier alpha value is 0.0200. The average Bonchev–Trinajstić information content (AvgIpc) is 2.56. The summed E-state index contributed by atoms with van der Waals surface area (Å²) < 4.78 is 0. The summed E-state index contributed by atoms with van der Waals surface area (Å²) in [4.78, 5) is 12.0. The minimum atomic E-state index is 0.264. The van der Waals surface area contributed by atoms with E-state index in [0.717, 1.165) is 12.2 Å². The van der Waals surface area contributed by atoms with Gasteiger partial charge < -0.3 is 0 Å². The molecule has 0 saturated heterocycles. The Morgan fingerprint density at radius 1 is 0.696 bits per heavy atom. The zero-order chi connectivity index (χ0) is 17.2. The molecule has 0 aromatic heterocycles. The number of thioether (sulfide) groups is 1. The monoisotopic (exact) mass is 342 g/mol. The highest BCUT2D eigenvalue weighted by Gasteiger charge is 2.12. The second-order valence-electron chi connectivity index (χ2n) is 7.10. The number of carbonyl (C=O) groups is 1. The van der Waals surface area contributed by atoms with Gasteiger partial charge in [-0.15, -0.1) is 0 Å². The van der Waals surface area contributed by atoms with Gasteiger partial charge in [-0.25, -0.2) is 0 Å². The maximum Gasteiger partial charge on any atom is 0.191 e. The van der Waals surface area contributed by atoms with Crippen LogP contribution in [0.4, 0.5) is 0 Å². The normalized spacial score (nSPS) is 12.5. The minimum Gasteiger partial charge on any atom is -0.287 e. The molecule has 0 aromatic rings. The van der Waals surface area contributed by atoms with E-state index in [-0.39, 0.29) is 5.92 Å². The molecule has 1 atom stereocenters. The van der Waals surface area contributed by atoms with Crippen LogP contribution < -0.4 is 0 Å². The molecule has 0 aliphatic carbocycles. The molecular weight excluding hydrogens is 300 g/mol. The molecule has 0 bridgehead atoms. The molecule has 1 nitrogen and oxygen atoms in total. The quantitative estimate of drug-likeness (QED) is 0.251.